The van der Waals surface area contributed by atoms with Crippen LogP contribution in [0.15, 0.2) is 164 Å². The Morgan fingerprint density at radius 1 is 0.471 bits per heavy atom. The predicted octanol–water partition coefficient (Wildman–Crippen LogP) is 14.4. The molecule has 0 heteroatoms. The molecule has 0 fully saturated rings. The maximum absolute atomic E-state index is 2.43. The Morgan fingerprint density at radius 3 is 1.78 bits per heavy atom. The monoisotopic (exact) mass is 654 g/mol. The highest BCUT2D eigenvalue weighted by atomic mass is 14.3. The van der Waals surface area contributed by atoms with E-state index in [0.717, 1.165) is 6.42 Å². The van der Waals surface area contributed by atoms with Gasteiger partial charge in [-0.2, -0.15) is 0 Å². The molecule has 0 saturated heterocycles. The first-order valence-corrected chi connectivity index (χ1v) is 18.3. The molecule has 0 spiro atoms. The van der Waals surface area contributed by atoms with Crippen molar-refractivity contribution in [3.05, 3.63) is 181 Å². The van der Waals surface area contributed by atoms with Gasteiger partial charge >= 0.3 is 0 Å². The summed E-state index contributed by atoms with van der Waals surface area (Å²) >= 11 is 0. The van der Waals surface area contributed by atoms with Crippen LogP contribution >= 0.6 is 0 Å². The third-order valence-electron chi connectivity index (χ3n) is 11.0. The van der Waals surface area contributed by atoms with Crippen molar-refractivity contribution in [3.8, 4) is 22.3 Å². The highest BCUT2D eigenvalue weighted by Gasteiger charge is 2.23. The van der Waals surface area contributed by atoms with Crippen LogP contribution in [0.2, 0.25) is 0 Å². The van der Waals surface area contributed by atoms with Crippen LogP contribution in [-0.2, 0) is 5.41 Å². The molecule has 1 atom stereocenters. The third-order valence-corrected chi connectivity index (χ3v) is 11.0. The van der Waals surface area contributed by atoms with Crippen LogP contribution < -0.4 is 0 Å². The van der Waals surface area contributed by atoms with Gasteiger partial charge < -0.3 is 0 Å². The topological polar surface area (TPSA) is 0 Å². The molecule has 0 aliphatic heterocycles. The molecule has 51 heavy (non-hydrogen) atoms. The molecule has 246 valence electrons. The zero-order chi connectivity index (χ0) is 34.7. The normalized spacial score (nSPS) is 15.0. The van der Waals surface area contributed by atoms with Gasteiger partial charge in [-0.25, -0.2) is 0 Å². The molecule has 0 saturated carbocycles. The number of hydrogen-bond donors (Lipinski definition) is 0. The summed E-state index contributed by atoms with van der Waals surface area (Å²) in [5.74, 6) is 0.426. The molecular formula is C51H42. The van der Waals surface area contributed by atoms with Gasteiger partial charge in [-0.05, 0) is 123 Å². The van der Waals surface area contributed by atoms with Crippen molar-refractivity contribution >= 4 is 54.2 Å². The summed E-state index contributed by atoms with van der Waals surface area (Å²) in [5.41, 5.74) is 11.9. The van der Waals surface area contributed by atoms with Gasteiger partial charge in [-0.3, -0.25) is 0 Å². The van der Waals surface area contributed by atoms with Gasteiger partial charge in [-0.1, -0.05) is 179 Å². The Bertz CT molecular complexity index is 2650. The van der Waals surface area contributed by atoms with Crippen molar-refractivity contribution in [1.29, 1.82) is 0 Å². The molecule has 1 unspecified atom stereocenters. The Hall–Kier alpha value is -5.72. The number of rotatable bonds is 4. The van der Waals surface area contributed by atoms with Crippen molar-refractivity contribution in [1.82, 2.24) is 0 Å². The fourth-order valence-electron chi connectivity index (χ4n) is 8.67. The van der Waals surface area contributed by atoms with E-state index in [1.165, 1.54) is 93.2 Å². The van der Waals surface area contributed by atoms with Crippen LogP contribution in [0.25, 0.3) is 76.5 Å². The lowest BCUT2D eigenvalue weighted by molar-refractivity contribution is 0.596. The van der Waals surface area contributed by atoms with Crippen LogP contribution in [0.5, 0.6) is 0 Å². The van der Waals surface area contributed by atoms with Gasteiger partial charge in [0, 0.05) is 0 Å². The van der Waals surface area contributed by atoms with E-state index in [9.17, 15) is 0 Å². The van der Waals surface area contributed by atoms with E-state index < -0.39 is 0 Å². The fourth-order valence-corrected chi connectivity index (χ4v) is 8.67. The van der Waals surface area contributed by atoms with Crippen LogP contribution in [0, 0.1) is 5.92 Å². The first-order valence-electron chi connectivity index (χ1n) is 18.3. The zero-order valence-corrected chi connectivity index (χ0v) is 29.9. The second kappa shape index (κ2) is 12.3. The summed E-state index contributed by atoms with van der Waals surface area (Å²) in [4.78, 5) is 0. The van der Waals surface area contributed by atoms with E-state index in [-0.39, 0.29) is 5.41 Å². The lowest BCUT2D eigenvalue weighted by atomic mass is 9.79. The summed E-state index contributed by atoms with van der Waals surface area (Å²) in [5, 5.41) is 10.3. The molecular weight excluding hydrogens is 613 g/mol. The molecule has 8 aromatic carbocycles. The van der Waals surface area contributed by atoms with Gasteiger partial charge in [0.15, 0.2) is 0 Å². The average Bonchev–Trinajstić information content (AvgIpc) is 3.16. The van der Waals surface area contributed by atoms with E-state index in [2.05, 4.69) is 192 Å². The van der Waals surface area contributed by atoms with E-state index in [4.69, 9.17) is 0 Å². The minimum atomic E-state index is 0.0477. The Balaban J connectivity index is 1.28. The predicted molar refractivity (Wildman–Crippen MR) is 222 cm³/mol. The number of fused-ring (bicyclic) bond motifs is 4. The smallest absolute Gasteiger partial charge is 0.00201 e. The van der Waals surface area contributed by atoms with Crippen molar-refractivity contribution in [2.24, 2.45) is 5.92 Å². The molecule has 0 radical (unpaired) electrons. The lowest BCUT2D eigenvalue weighted by Gasteiger charge is -2.24. The molecule has 0 N–H and O–H groups in total. The quantitative estimate of drug-likeness (QED) is 0.166. The number of hydrogen-bond acceptors (Lipinski definition) is 0. The van der Waals surface area contributed by atoms with Crippen LogP contribution in [-0.4, -0.2) is 0 Å². The zero-order valence-electron chi connectivity index (χ0n) is 29.9. The molecule has 0 amide bonds. The standard InChI is InChI=1S/C51H42/c1-33-15-11-24-39(48(33)38-30-29-34-16-5-6-17-35(34)31-38)36-18-12-19-37(32-36)49-43-20-7-9-22-45(43)50(46-23-10-8-21-44(46)49)42-27-13-26-41-40(42)25-14-28-47(41)51(2,3)4/h5-14,16-33H,15H2,1-4H3. The SMILES string of the molecule is CC1CC=CC(c2cccc(-c3c4ccccc4c(-c4cccc5c(C(C)(C)C)cccc45)c4ccccc34)c2)=C1c1ccc2ccccc2c1. The maximum Gasteiger partial charge on any atom is -0.00201 e. The number of allylic oxidation sites excluding steroid dienone is 4. The van der Waals surface area contributed by atoms with Crippen molar-refractivity contribution < 1.29 is 0 Å². The summed E-state index contributed by atoms with van der Waals surface area (Å²) in [6.07, 6.45) is 5.76. The van der Waals surface area contributed by atoms with Gasteiger partial charge in [-0.15, -0.1) is 0 Å². The fraction of sp³-hybridized carbons (Fsp3) is 0.137. The van der Waals surface area contributed by atoms with E-state index in [1.54, 1.807) is 0 Å². The van der Waals surface area contributed by atoms with Gasteiger partial charge in [0.25, 0.3) is 0 Å². The summed E-state index contributed by atoms with van der Waals surface area (Å²) < 4.78 is 0. The summed E-state index contributed by atoms with van der Waals surface area (Å²) in [7, 11) is 0. The molecule has 0 aromatic heterocycles. The van der Waals surface area contributed by atoms with Crippen LogP contribution in [0.4, 0.5) is 0 Å². The second-order valence-corrected chi connectivity index (χ2v) is 15.3. The van der Waals surface area contributed by atoms with Crippen LogP contribution in [0.3, 0.4) is 0 Å². The molecule has 0 heterocycles. The first-order chi connectivity index (χ1) is 24.9. The highest BCUT2D eigenvalue weighted by Crippen LogP contribution is 2.47. The highest BCUT2D eigenvalue weighted by molar-refractivity contribution is 6.23. The second-order valence-electron chi connectivity index (χ2n) is 15.3. The molecule has 0 nitrogen and oxygen atoms in total. The summed E-state index contributed by atoms with van der Waals surface area (Å²) in [6.45, 7) is 9.31. The average molecular weight is 655 g/mol. The minimum absolute atomic E-state index is 0.0477. The Morgan fingerprint density at radius 2 is 1.06 bits per heavy atom. The maximum atomic E-state index is 2.43. The minimum Gasteiger partial charge on any atom is -0.0833 e. The molecule has 8 aromatic rings. The van der Waals surface area contributed by atoms with E-state index >= 15 is 0 Å². The van der Waals surface area contributed by atoms with E-state index in [1.807, 2.05) is 0 Å². The Labute approximate surface area is 301 Å². The van der Waals surface area contributed by atoms with Crippen LogP contribution in [0.1, 0.15) is 50.8 Å². The lowest BCUT2D eigenvalue weighted by Crippen LogP contribution is -2.11. The van der Waals surface area contributed by atoms with Gasteiger partial charge in [0.05, 0.1) is 0 Å². The van der Waals surface area contributed by atoms with E-state index in [0.29, 0.717) is 5.92 Å². The molecule has 0 bridgehead atoms. The number of benzene rings is 8. The van der Waals surface area contributed by atoms with Crippen molar-refractivity contribution in [2.75, 3.05) is 0 Å². The summed E-state index contributed by atoms with van der Waals surface area (Å²) in [6, 6.07) is 56.7. The van der Waals surface area contributed by atoms with Gasteiger partial charge in [0.1, 0.15) is 0 Å². The van der Waals surface area contributed by atoms with Crippen molar-refractivity contribution in [3.63, 3.8) is 0 Å². The van der Waals surface area contributed by atoms with Gasteiger partial charge in [0.2, 0.25) is 0 Å². The largest absolute Gasteiger partial charge is 0.0833 e. The molecule has 9 rings (SSSR count). The third kappa shape index (κ3) is 5.29. The Kier molecular flexibility index (Phi) is 7.51. The first kappa shape index (κ1) is 31.3. The molecule has 1 aliphatic rings. The van der Waals surface area contributed by atoms with Crippen molar-refractivity contribution in [2.45, 2.75) is 39.5 Å². The molecule has 1 aliphatic carbocycles.